The fourth-order valence-corrected chi connectivity index (χ4v) is 3.46. The fourth-order valence-electron chi connectivity index (χ4n) is 3.01. The van der Waals surface area contributed by atoms with Crippen LogP contribution in [0.4, 0.5) is 13.2 Å². The average molecular weight is 449 g/mol. The maximum Gasteiger partial charge on any atom is 0.534 e. The second-order valence-corrected chi connectivity index (χ2v) is 7.87. The number of aliphatic carboxylic acids is 1. The molecule has 2 amide bonds. The van der Waals surface area contributed by atoms with E-state index in [4.69, 9.17) is 0 Å². The van der Waals surface area contributed by atoms with Crippen LogP contribution >= 0.6 is 0 Å². The standard InChI is InChI=1S/C16H14F3N3O7S/c17-16(18,19)30(27,28)29-13-12(15(25)26)22-9(7-20-13)11(14(22)24)21-10(23)6-8-4-2-1-3-5-8/h1-5,9,11,20H,6-7H2,(H,21,23)(H,25,26)/t9-,11+/m1/s1. The lowest BCUT2D eigenvalue weighted by Crippen LogP contribution is -2.75. The van der Waals surface area contributed by atoms with E-state index < -0.39 is 57.1 Å². The van der Waals surface area contributed by atoms with E-state index >= 15 is 0 Å². The number of hydrogen-bond donors (Lipinski definition) is 3. The number of alkyl halides is 3. The predicted molar refractivity (Wildman–Crippen MR) is 91.4 cm³/mol. The quantitative estimate of drug-likeness (QED) is 0.304. The predicted octanol–water partition coefficient (Wildman–Crippen LogP) is -0.352. The maximum absolute atomic E-state index is 12.5. The van der Waals surface area contributed by atoms with Gasteiger partial charge in [0.1, 0.15) is 6.04 Å². The van der Waals surface area contributed by atoms with Crippen LogP contribution < -0.4 is 10.6 Å². The molecule has 0 aliphatic carbocycles. The Hall–Kier alpha value is -3.29. The number of nitrogens with zero attached hydrogens (tertiary/aromatic N) is 1. The summed E-state index contributed by atoms with van der Waals surface area (Å²) in [4.78, 5) is 36.6. The van der Waals surface area contributed by atoms with Crippen molar-refractivity contribution in [2.45, 2.75) is 24.0 Å². The molecule has 0 aromatic heterocycles. The highest BCUT2D eigenvalue weighted by Crippen LogP contribution is 2.33. The Kier molecular flexibility index (Phi) is 5.36. The molecule has 0 bridgehead atoms. The van der Waals surface area contributed by atoms with Gasteiger partial charge in [-0.05, 0) is 5.56 Å². The third-order valence-corrected chi connectivity index (χ3v) is 5.30. The van der Waals surface area contributed by atoms with Crippen LogP contribution in [0.15, 0.2) is 41.9 Å². The van der Waals surface area contributed by atoms with Gasteiger partial charge in [-0.25, -0.2) is 4.79 Å². The zero-order valence-electron chi connectivity index (χ0n) is 14.8. The molecule has 1 aromatic carbocycles. The Morgan fingerprint density at radius 1 is 1.27 bits per heavy atom. The van der Waals surface area contributed by atoms with E-state index in [1.54, 1.807) is 30.3 Å². The Bertz CT molecular complexity index is 1020. The molecule has 162 valence electrons. The molecule has 1 saturated heterocycles. The minimum atomic E-state index is -6.16. The number of carboxylic acid groups (broad SMARTS) is 1. The van der Waals surface area contributed by atoms with Crippen LogP contribution in [0, 0.1) is 0 Å². The van der Waals surface area contributed by atoms with E-state index in [1.807, 2.05) is 0 Å². The van der Waals surface area contributed by atoms with Crippen LogP contribution in [0.5, 0.6) is 0 Å². The molecule has 14 heteroatoms. The van der Waals surface area contributed by atoms with E-state index in [2.05, 4.69) is 14.8 Å². The molecule has 2 heterocycles. The van der Waals surface area contributed by atoms with Gasteiger partial charge in [0.25, 0.3) is 5.91 Å². The van der Waals surface area contributed by atoms with E-state index in [-0.39, 0.29) is 13.0 Å². The van der Waals surface area contributed by atoms with Gasteiger partial charge in [-0.2, -0.15) is 21.6 Å². The molecular weight excluding hydrogens is 435 g/mol. The molecule has 3 rings (SSSR count). The SMILES string of the molecule is O=C(Cc1ccccc1)N[C@@H]1C(=O)N2C(C(=O)O)=C(OS(=O)(=O)C(F)(F)F)NC[C@H]12. The van der Waals surface area contributed by atoms with Crippen molar-refractivity contribution in [1.82, 2.24) is 15.5 Å². The number of amides is 2. The highest BCUT2D eigenvalue weighted by Gasteiger charge is 2.56. The van der Waals surface area contributed by atoms with Crippen molar-refractivity contribution in [3.8, 4) is 0 Å². The van der Waals surface area contributed by atoms with Gasteiger partial charge < -0.3 is 19.9 Å². The van der Waals surface area contributed by atoms with Gasteiger partial charge in [0.05, 0.1) is 12.5 Å². The lowest BCUT2D eigenvalue weighted by Gasteiger charge is -2.49. The highest BCUT2D eigenvalue weighted by molar-refractivity contribution is 7.87. The number of nitrogens with one attached hydrogen (secondary N) is 2. The van der Waals surface area contributed by atoms with Crippen molar-refractivity contribution in [3.05, 3.63) is 47.5 Å². The smallest absolute Gasteiger partial charge is 0.476 e. The molecule has 30 heavy (non-hydrogen) atoms. The van der Waals surface area contributed by atoms with E-state index in [1.165, 1.54) is 0 Å². The fraction of sp³-hybridized carbons (Fsp3) is 0.312. The molecule has 2 atom stereocenters. The molecule has 0 unspecified atom stereocenters. The average Bonchev–Trinajstić information content (AvgIpc) is 2.65. The number of carboxylic acids is 1. The Morgan fingerprint density at radius 2 is 1.90 bits per heavy atom. The minimum absolute atomic E-state index is 0.0510. The van der Waals surface area contributed by atoms with Crippen LogP contribution in [0.2, 0.25) is 0 Å². The number of hydrogen-bond acceptors (Lipinski definition) is 7. The summed E-state index contributed by atoms with van der Waals surface area (Å²) >= 11 is 0. The highest BCUT2D eigenvalue weighted by atomic mass is 32.2. The second-order valence-electron chi connectivity index (χ2n) is 6.33. The first-order chi connectivity index (χ1) is 13.9. The summed E-state index contributed by atoms with van der Waals surface area (Å²) < 4.78 is 63.8. The maximum atomic E-state index is 12.5. The molecular formula is C16H14F3N3O7S. The van der Waals surface area contributed by atoms with Gasteiger partial charge in [-0.1, -0.05) is 30.3 Å². The van der Waals surface area contributed by atoms with Crippen LogP contribution in [-0.2, 0) is 35.1 Å². The van der Waals surface area contributed by atoms with E-state index in [0.29, 0.717) is 10.5 Å². The molecule has 10 nitrogen and oxygen atoms in total. The minimum Gasteiger partial charge on any atom is -0.476 e. The van der Waals surface area contributed by atoms with Crippen LogP contribution in [0.25, 0.3) is 0 Å². The topological polar surface area (TPSA) is 142 Å². The summed E-state index contributed by atoms with van der Waals surface area (Å²) in [6.45, 7) is -0.346. The number of rotatable bonds is 6. The first kappa shape index (κ1) is 21.4. The summed E-state index contributed by atoms with van der Waals surface area (Å²) in [5.41, 5.74) is -6.23. The normalized spacial score (nSPS) is 21.3. The molecule has 3 N–H and O–H groups in total. The summed E-state index contributed by atoms with van der Waals surface area (Å²) in [5.74, 6) is -4.58. The first-order valence-electron chi connectivity index (χ1n) is 8.31. The Labute approximate surface area is 167 Å². The van der Waals surface area contributed by atoms with E-state index in [0.717, 1.165) is 0 Å². The first-order valence-corrected chi connectivity index (χ1v) is 9.72. The molecule has 2 aliphatic rings. The molecule has 2 aliphatic heterocycles. The molecule has 0 saturated carbocycles. The van der Waals surface area contributed by atoms with Crippen LogP contribution in [0.3, 0.4) is 0 Å². The van der Waals surface area contributed by atoms with Gasteiger partial charge in [-0.15, -0.1) is 0 Å². The van der Waals surface area contributed by atoms with Crippen molar-refractivity contribution in [2.75, 3.05) is 6.54 Å². The van der Waals surface area contributed by atoms with Crippen molar-refractivity contribution in [1.29, 1.82) is 0 Å². The van der Waals surface area contributed by atoms with Crippen molar-refractivity contribution >= 4 is 27.9 Å². The van der Waals surface area contributed by atoms with Gasteiger partial charge in [0.2, 0.25) is 11.8 Å². The second kappa shape index (κ2) is 7.51. The number of fused-ring (bicyclic) bond motifs is 1. The molecule has 1 fully saturated rings. The lowest BCUT2D eigenvalue weighted by atomic mass is 9.91. The zero-order chi connectivity index (χ0) is 22.3. The van der Waals surface area contributed by atoms with Crippen LogP contribution in [0.1, 0.15) is 5.56 Å². The third-order valence-electron chi connectivity index (χ3n) is 4.35. The molecule has 1 aromatic rings. The third kappa shape index (κ3) is 3.90. The summed E-state index contributed by atoms with van der Waals surface area (Å²) in [6, 6.07) is 6.46. The van der Waals surface area contributed by atoms with E-state index in [9.17, 15) is 41.1 Å². The Morgan fingerprint density at radius 3 is 2.47 bits per heavy atom. The zero-order valence-corrected chi connectivity index (χ0v) is 15.7. The lowest BCUT2D eigenvalue weighted by molar-refractivity contribution is -0.156. The summed E-state index contributed by atoms with van der Waals surface area (Å²) in [6.07, 6.45) is -0.0510. The number of benzene rings is 1. The number of carbonyl (C=O) groups excluding carboxylic acids is 2. The largest absolute Gasteiger partial charge is 0.534 e. The van der Waals surface area contributed by atoms with Gasteiger partial charge >= 0.3 is 21.6 Å². The van der Waals surface area contributed by atoms with Gasteiger partial charge in [0.15, 0.2) is 5.70 Å². The van der Waals surface area contributed by atoms with Crippen molar-refractivity contribution in [2.24, 2.45) is 0 Å². The summed E-state index contributed by atoms with van der Waals surface area (Å²) in [7, 11) is -6.16. The summed E-state index contributed by atoms with van der Waals surface area (Å²) in [5, 5.41) is 13.8. The molecule has 0 radical (unpaired) electrons. The van der Waals surface area contributed by atoms with Crippen molar-refractivity contribution < 1.29 is 45.3 Å². The Balaban J connectivity index is 1.76. The number of β-lactam (4-membered cyclic amide) rings is 1. The van der Waals surface area contributed by atoms with Crippen LogP contribution in [-0.4, -0.2) is 60.3 Å². The van der Waals surface area contributed by atoms with Gasteiger partial charge in [-0.3, -0.25) is 14.5 Å². The van der Waals surface area contributed by atoms with Crippen molar-refractivity contribution in [3.63, 3.8) is 0 Å². The molecule has 0 spiro atoms. The number of carbonyl (C=O) groups is 3. The van der Waals surface area contributed by atoms with Gasteiger partial charge in [0, 0.05) is 6.54 Å². The number of halogens is 3. The monoisotopic (exact) mass is 449 g/mol.